The summed E-state index contributed by atoms with van der Waals surface area (Å²) in [6.45, 7) is 3.51. The van der Waals surface area contributed by atoms with E-state index in [-0.39, 0.29) is 29.8 Å². The third-order valence-corrected chi connectivity index (χ3v) is 6.86. The molecule has 0 atom stereocenters. The number of amides is 3. The summed E-state index contributed by atoms with van der Waals surface area (Å²) in [7, 11) is 0. The fraction of sp³-hybridized carbons (Fsp3) is 0.857. The minimum atomic E-state index is -0.190. The Bertz CT molecular complexity index is 551. The van der Waals surface area contributed by atoms with Crippen LogP contribution in [0.15, 0.2) is 0 Å². The normalized spacial score (nSPS) is 22.9. The Kier molecular flexibility index (Phi) is 6.77. The van der Waals surface area contributed by atoms with Crippen LogP contribution in [0, 0.1) is 5.92 Å². The van der Waals surface area contributed by atoms with Crippen molar-refractivity contribution in [1.82, 2.24) is 15.1 Å². The van der Waals surface area contributed by atoms with Crippen LogP contribution in [0.4, 0.5) is 0 Å². The van der Waals surface area contributed by atoms with Gasteiger partial charge in [0.1, 0.15) is 0 Å². The largest absolute Gasteiger partial charge is 0.347 e. The van der Waals surface area contributed by atoms with Crippen LogP contribution in [0.3, 0.4) is 0 Å². The van der Waals surface area contributed by atoms with Gasteiger partial charge in [-0.1, -0.05) is 44.9 Å². The standard InChI is InChI=1S/C21H35N3O3/c1-17(25)24-14-13-23(16-21(24)11-5-2-6-12-21)20(27)15-22-19(26)10-9-18-7-3-4-8-18/h18H,2-16H2,1H3,(H,22,26). The van der Waals surface area contributed by atoms with Gasteiger partial charge in [0.2, 0.25) is 17.7 Å². The fourth-order valence-corrected chi connectivity index (χ4v) is 5.33. The molecule has 3 aliphatic rings. The van der Waals surface area contributed by atoms with E-state index in [4.69, 9.17) is 0 Å². The topological polar surface area (TPSA) is 69.7 Å². The molecule has 152 valence electrons. The highest BCUT2D eigenvalue weighted by molar-refractivity contribution is 5.85. The van der Waals surface area contributed by atoms with Gasteiger partial charge < -0.3 is 15.1 Å². The average Bonchev–Trinajstić information content (AvgIpc) is 3.18. The van der Waals surface area contributed by atoms with Crippen LogP contribution in [0.1, 0.15) is 77.6 Å². The average molecular weight is 378 g/mol. The van der Waals surface area contributed by atoms with Crippen molar-refractivity contribution in [2.24, 2.45) is 5.92 Å². The predicted octanol–water partition coefficient (Wildman–Crippen LogP) is 2.47. The molecule has 2 saturated carbocycles. The van der Waals surface area contributed by atoms with Crippen molar-refractivity contribution >= 4 is 17.7 Å². The zero-order valence-electron chi connectivity index (χ0n) is 16.8. The summed E-state index contributed by atoms with van der Waals surface area (Å²) in [5.74, 6) is 0.781. The van der Waals surface area contributed by atoms with E-state index in [0.29, 0.717) is 32.0 Å². The molecule has 0 aromatic carbocycles. The van der Waals surface area contributed by atoms with E-state index in [2.05, 4.69) is 5.32 Å². The molecule has 0 aromatic heterocycles. The lowest BCUT2D eigenvalue weighted by Crippen LogP contribution is -2.65. The molecule has 3 fully saturated rings. The molecule has 6 heteroatoms. The minimum Gasteiger partial charge on any atom is -0.347 e. The maximum Gasteiger partial charge on any atom is 0.242 e. The van der Waals surface area contributed by atoms with Gasteiger partial charge in [-0.3, -0.25) is 14.4 Å². The molecule has 0 radical (unpaired) electrons. The van der Waals surface area contributed by atoms with Gasteiger partial charge >= 0.3 is 0 Å². The van der Waals surface area contributed by atoms with Gasteiger partial charge in [0, 0.05) is 33.0 Å². The Morgan fingerprint density at radius 2 is 1.70 bits per heavy atom. The lowest BCUT2D eigenvalue weighted by atomic mass is 9.78. The monoisotopic (exact) mass is 377 g/mol. The third-order valence-electron chi connectivity index (χ3n) is 6.86. The molecule has 1 heterocycles. The lowest BCUT2D eigenvalue weighted by Gasteiger charge is -2.52. The number of hydrogen-bond acceptors (Lipinski definition) is 3. The van der Waals surface area contributed by atoms with Gasteiger partial charge in [-0.05, 0) is 25.2 Å². The van der Waals surface area contributed by atoms with Gasteiger partial charge in [0.25, 0.3) is 0 Å². The van der Waals surface area contributed by atoms with Crippen LogP contribution < -0.4 is 5.32 Å². The zero-order chi connectivity index (χ0) is 19.3. The van der Waals surface area contributed by atoms with Crippen LogP contribution >= 0.6 is 0 Å². The number of hydrogen-bond donors (Lipinski definition) is 1. The van der Waals surface area contributed by atoms with Crippen molar-refractivity contribution in [2.75, 3.05) is 26.2 Å². The van der Waals surface area contributed by atoms with E-state index in [0.717, 1.165) is 32.1 Å². The zero-order valence-corrected chi connectivity index (χ0v) is 16.8. The van der Waals surface area contributed by atoms with Gasteiger partial charge in [-0.15, -0.1) is 0 Å². The smallest absolute Gasteiger partial charge is 0.242 e. The van der Waals surface area contributed by atoms with E-state index in [1.54, 1.807) is 6.92 Å². The summed E-state index contributed by atoms with van der Waals surface area (Å²) in [4.78, 5) is 40.7. The maximum absolute atomic E-state index is 12.7. The van der Waals surface area contributed by atoms with Crippen molar-refractivity contribution in [2.45, 2.75) is 83.1 Å². The molecule has 3 rings (SSSR count). The van der Waals surface area contributed by atoms with Crippen molar-refractivity contribution in [3.63, 3.8) is 0 Å². The van der Waals surface area contributed by atoms with E-state index >= 15 is 0 Å². The first-order chi connectivity index (χ1) is 13.0. The second-order valence-corrected chi connectivity index (χ2v) is 8.74. The van der Waals surface area contributed by atoms with Crippen LogP contribution in [0.25, 0.3) is 0 Å². The molecule has 1 N–H and O–H groups in total. The number of nitrogens with one attached hydrogen (secondary N) is 1. The lowest BCUT2D eigenvalue weighted by molar-refractivity contribution is -0.150. The van der Waals surface area contributed by atoms with E-state index in [1.807, 2.05) is 9.80 Å². The molecule has 2 aliphatic carbocycles. The molecule has 3 amide bonds. The highest BCUT2D eigenvalue weighted by atomic mass is 16.2. The summed E-state index contributed by atoms with van der Waals surface area (Å²) in [5.41, 5.74) is -0.190. The summed E-state index contributed by atoms with van der Waals surface area (Å²) < 4.78 is 0. The molecular weight excluding hydrogens is 342 g/mol. The maximum atomic E-state index is 12.7. The number of carbonyl (C=O) groups is 3. The molecule has 27 heavy (non-hydrogen) atoms. The van der Waals surface area contributed by atoms with Gasteiger partial charge in [0.05, 0.1) is 12.1 Å². The summed E-state index contributed by atoms with van der Waals surface area (Å²) in [5, 5.41) is 2.82. The Balaban J connectivity index is 1.48. The third kappa shape index (κ3) is 5.02. The predicted molar refractivity (Wildman–Crippen MR) is 104 cm³/mol. The van der Waals surface area contributed by atoms with Gasteiger partial charge in [-0.25, -0.2) is 0 Å². The van der Waals surface area contributed by atoms with E-state index < -0.39 is 0 Å². The number of nitrogens with zero attached hydrogens (tertiary/aromatic N) is 2. The Morgan fingerprint density at radius 3 is 2.37 bits per heavy atom. The summed E-state index contributed by atoms with van der Waals surface area (Å²) in [6, 6.07) is 0. The second kappa shape index (κ2) is 9.07. The van der Waals surface area contributed by atoms with E-state index in [9.17, 15) is 14.4 Å². The molecular formula is C21H35N3O3. The van der Waals surface area contributed by atoms with Crippen LogP contribution in [-0.4, -0.2) is 59.2 Å². The molecule has 1 aliphatic heterocycles. The van der Waals surface area contributed by atoms with Crippen LogP contribution in [0.5, 0.6) is 0 Å². The first-order valence-electron chi connectivity index (χ1n) is 10.8. The fourth-order valence-electron chi connectivity index (χ4n) is 5.33. The molecule has 1 spiro atoms. The summed E-state index contributed by atoms with van der Waals surface area (Å²) in [6.07, 6.45) is 11.9. The number of piperazine rings is 1. The molecule has 1 saturated heterocycles. The quantitative estimate of drug-likeness (QED) is 0.800. The van der Waals surface area contributed by atoms with Crippen molar-refractivity contribution in [1.29, 1.82) is 0 Å². The molecule has 6 nitrogen and oxygen atoms in total. The molecule has 0 aromatic rings. The minimum absolute atomic E-state index is 0.00926. The van der Waals surface area contributed by atoms with Crippen molar-refractivity contribution in [3.05, 3.63) is 0 Å². The Hall–Kier alpha value is -1.59. The second-order valence-electron chi connectivity index (χ2n) is 8.74. The SMILES string of the molecule is CC(=O)N1CCN(C(=O)CNC(=O)CCC2CCCC2)CC12CCCCC2. The van der Waals surface area contributed by atoms with Crippen LogP contribution in [-0.2, 0) is 14.4 Å². The molecule has 0 bridgehead atoms. The first kappa shape index (κ1) is 20.2. The van der Waals surface area contributed by atoms with E-state index in [1.165, 1.54) is 32.1 Å². The Labute approximate surface area is 163 Å². The van der Waals surface area contributed by atoms with Crippen molar-refractivity contribution in [3.8, 4) is 0 Å². The van der Waals surface area contributed by atoms with Gasteiger partial charge in [-0.2, -0.15) is 0 Å². The summed E-state index contributed by atoms with van der Waals surface area (Å²) >= 11 is 0. The highest BCUT2D eigenvalue weighted by Gasteiger charge is 2.44. The highest BCUT2D eigenvalue weighted by Crippen LogP contribution is 2.36. The number of carbonyl (C=O) groups excluding carboxylic acids is 3. The van der Waals surface area contributed by atoms with Crippen molar-refractivity contribution < 1.29 is 14.4 Å². The Morgan fingerprint density at radius 1 is 1.00 bits per heavy atom. The first-order valence-corrected chi connectivity index (χ1v) is 10.8. The van der Waals surface area contributed by atoms with Crippen LogP contribution in [0.2, 0.25) is 0 Å². The van der Waals surface area contributed by atoms with Gasteiger partial charge in [0.15, 0.2) is 0 Å². The number of rotatable bonds is 5. The molecule has 0 unspecified atom stereocenters.